The van der Waals surface area contributed by atoms with Crippen molar-refractivity contribution in [1.82, 2.24) is 4.57 Å². The Morgan fingerprint density at radius 1 is 0.556 bits per heavy atom. The highest BCUT2D eigenvalue weighted by molar-refractivity contribution is 6.22. The SMILES string of the molecule is C=C/C=C(\C=C)c1cccc2c1ccc1c(-c3ccc4c(c3)c3ccccc3c(=O)n4-c3ccccc3)c3ccccc3cc12. The maximum atomic E-state index is 13.9. The van der Waals surface area contributed by atoms with Gasteiger partial charge in [0.25, 0.3) is 5.56 Å². The molecule has 0 spiro atoms. The molecule has 0 aliphatic carbocycles. The van der Waals surface area contributed by atoms with E-state index in [1.807, 2.05) is 71.3 Å². The van der Waals surface area contributed by atoms with Crippen LogP contribution in [0, 0.1) is 0 Å². The smallest absolute Gasteiger partial charge is 0.263 e. The quantitative estimate of drug-likeness (QED) is 0.114. The fourth-order valence-electron chi connectivity index (χ4n) is 6.93. The number of rotatable bonds is 5. The van der Waals surface area contributed by atoms with Gasteiger partial charge in [0, 0.05) is 16.5 Å². The molecule has 2 heteroatoms. The van der Waals surface area contributed by atoms with E-state index >= 15 is 0 Å². The Labute approximate surface area is 261 Å². The van der Waals surface area contributed by atoms with E-state index in [1.54, 1.807) is 0 Å². The summed E-state index contributed by atoms with van der Waals surface area (Å²) in [5.41, 5.74) is 6.20. The van der Waals surface area contributed by atoms with Crippen molar-refractivity contribution in [3.8, 4) is 16.8 Å². The Bertz CT molecular complexity index is 2590. The molecule has 212 valence electrons. The Morgan fingerprint density at radius 2 is 1.24 bits per heavy atom. The third-order valence-corrected chi connectivity index (χ3v) is 8.92. The zero-order valence-corrected chi connectivity index (χ0v) is 24.7. The average molecular weight is 576 g/mol. The Kier molecular flexibility index (Phi) is 6.28. The minimum absolute atomic E-state index is 0.0145. The highest BCUT2D eigenvalue weighted by Gasteiger charge is 2.17. The number of pyridine rings is 1. The predicted molar refractivity (Wildman–Crippen MR) is 193 cm³/mol. The predicted octanol–water partition coefficient (Wildman–Crippen LogP) is 11.0. The summed E-state index contributed by atoms with van der Waals surface area (Å²) in [6.07, 6.45) is 5.70. The summed E-state index contributed by atoms with van der Waals surface area (Å²) in [5.74, 6) is 0. The summed E-state index contributed by atoms with van der Waals surface area (Å²) in [6.45, 7) is 7.97. The van der Waals surface area contributed by atoms with Gasteiger partial charge in [-0.2, -0.15) is 0 Å². The summed E-state index contributed by atoms with van der Waals surface area (Å²) in [6, 6.07) is 46.3. The molecule has 0 atom stereocenters. The van der Waals surface area contributed by atoms with Crippen LogP contribution in [0.15, 0.2) is 170 Å². The first-order valence-corrected chi connectivity index (χ1v) is 15.1. The van der Waals surface area contributed by atoms with E-state index in [0.717, 1.165) is 38.7 Å². The Hall–Kier alpha value is -5.99. The molecule has 0 N–H and O–H groups in total. The lowest BCUT2D eigenvalue weighted by molar-refractivity contribution is 1.06. The van der Waals surface area contributed by atoms with Gasteiger partial charge in [0.1, 0.15) is 0 Å². The van der Waals surface area contributed by atoms with Crippen molar-refractivity contribution in [1.29, 1.82) is 0 Å². The van der Waals surface area contributed by atoms with Gasteiger partial charge in [0.05, 0.1) is 5.52 Å². The van der Waals surface area contributed by atoms with Crippen LogP contribution >= 0.6 is 0 Å². The third kappa shape index (κ3) is 4.15. The average Bonchev–Trinajstić information content (AvgIpc) is 3.10. The molecule has 1 heterocycles. The number of aromatic nitrogens is 1. The van der Waals surface area contributed by atoms with E-state index in [9.17, 15) is 4.79 Å². The number of hydrogen-bond donors (Lipinski definition) is 0. The number of benzene rings is 7. The zero-order valence-electron chi connectivity index (χ0n) is 24.7. The van der Waals surface area contributed by atoms with E-state index in [1.165, 1.54) is 37.9 Å². The standard InChI is InChI=1S/C43H29NO/c1-3-13-28(4-2)32-20-12-21-34-36(32)23-24-37-39(34)26-29-14-8-9-17-33(29)42(37)30-22-25-41-40(27-30)35-18-10-11-19-38(35)43(45)44(41)31-15-6-5-7-16-31/h3-27H,1-2H2/b28-13+. The van der Waals surface area contributed by atoms with Crippen molar-refractivity contribution in [3.63, 3.8) is 0 Å². The fourth-order valence-corrected chi connectivity index (χ4v) is 6.93. The first-order valence-electron chi connectivity index (χ1n) is 15.1. The highest BCUT2D eigenvalue weighted by atomic mass is 16.1. The summed E-state index contributed by atoms with van der Waals surface area (Å²) in [5, 5.41) is 9.83. The fraction of sp³-hybridized carbons (Fsp3) is 0. The van der Waals surface area contributed by atoms with E-state index in [2.05, 4.69) is 98.1 Å². The maximum Gasteiger partial charge on any atom is 0.263 e. The van der Waals surface area contributed by atoms with E-state index in [-0.39, 0.29) is 5.56 Å². The molecule has 0 radical (unpaired) electrons. The van der Waals surface area contributed by atoms with Gasteiger partial charge >= 0.3 is 0 Å². The van der Waals surface area contributed by atoms with Gasteiger partial charge in [0.2, 0.25) is 0 Å². The molecule has 0 fully saturated rings. The van der Waals surface area contributed by atoms with E-state index < -0.39 is 0 Å². The number of fused-ring (bicyclic) bond motifs is 7. The molecule has 8 aromatic rings. The molecule has 7 aromatic carbocycles. The van der Waals surface area contributed by atoms with Crippen molar-refractivity contribution < 1.29 is 0 Å². The molecular weight excluding hydrogens is 546 g/mol. The molecule has 0 saturated heterocycles. The Balaban J connectivity index is 1.49. The molecule has 0 saturated carbocycles. The molecule has 45 heavy (non-hydrogen) atoms. The van der Waals surface area contributed by atoms with Crippen LogP contribution < -0.4 is 5.56 Å². The largest absolute Gasteiger partial charge is 0.276 e. The van der Waals surface area contributed by atoms with Crippen LogP contribution in [0.25, 0.3) is 76.4 Å². The molecule has 0 amide bonds. The molecule has 0 aliphatic rings. The second kappa shape index (κ2) is 10.6. The van der Waals surface area contributed by atoms with Crippen molar-refractivity contribution in [3.05, 3.63) is 181 Å². The van der Waals surface area contributed by atoms with Crippen LogP contribution in [0.3, 0.4) is 0 Å². The van der Waals surface area contributed by atoms with Gasteiger partial charge in [0.15, 0.2) is 0 Å². The first-order chi connectivity index (χ1) is 22.2. The van der Waals surface area contributed by atoms with Crippen LogP contribution in [-0.4, -0.2) is 4.57 Å². The summed E-state index contributed by atoms with van der Waals surface area (Å²) >= 11 is 0. The van der Waals surface area contributed by atoms with Gasteiger partial charge in [-0.15, -0.1) is 0 Å². The summed E-state index contributed by atoms with van der Waals surface area (Å²) in [4.78, 5) is 13.9. The second-order valence-electron chi connectivity index (χ2n) is 11.3. The number of allylic oxidation sites excluding steroid dienone is 4. The van der Waals surface area contributed by atoms with Crippen LogP contribution in [0.5, 0.6) is 0 Å². The molecule has 0 bridgehead atoms. The molecule has 1 aromatic heterocycles. The minimum atomic E-state index is -0.0145. The second-order valence-corrected chi connectivity index (χ2v) is 11.3. The molecule has 2 nitrogen and oxygen atoms in total. The van der Waals surface area contributed by atoms with Crippen molar-refractivity contribution >= 4 is 59.6 Å². The van der Waals surface area contributed by atoms with Crippen LogP contribution in [0.4, 0.5) is 0 Å². The lowest BCUT2D eigenvalue weighted by Gasteiger charge is -2.18. The Morgan fingerprint density at radius 3 is 2.04 bits per heavy atom. The molecule has 8 rings (SSSR count). The first kappa shape index (κ1) is 26.6. The number of hydrogen-bond acceptors (Lipinski definition) is 1. The lowest BCUT2D eigenvalue weighted by atomic mass is 9.87. The van der Waals surface area contributed by atoms with Crippen molar-refractivity contribution in [2.75, 3.05) is 0 Å². The monoisotopic (exact) mass is 575 g/mol. The molecule has 0 aliphatic heterocycles. The molecular formula is C43H29NO. The van der Waals surface area contributed by atoms with Crippen LogP contribution in [-0.2, 0) is 0 Å². The minimum Gasteiger partial charge on any atom is -0.276 e. The maximum absolute atomic E-state index is 13.9. The lowest BCUT2D eigenvalue weighted by Crippen LogP contribution is -2.19. The highest BCUT2D eigenvalue weighted by Crippen LogP contribution is 2.42. The van der Waals surface area contributed by atoms with E-state index in [4.69, 9.17) is 0 Å². The zero-order chi connectivity index (χ0) is 30.5. The van der Waals surface area contributed by atoms with Gasteiger partial charge in [-0.05, 0) is 96.4 Å². The topological polar surface area (TPSA) is 22.0 Å². The van der Waals surface area contributed by atoms with Gasteiger partial charge in [-0.1, -0.05) is 128 Å². The van der Waals surface area contributed by atoms with Crippen LogP contribution in [0.1, 0.15) is 5.56 Å². The number of para-hydroxylation sites is 1. The number of nitrogens with zero attached hydrogens (tertiary/aromatic N) is 1. The van der Waals surface area contributed by atoms with Crippen LogP contribution in [0.2, 0.25) is 0 Å². The van der Waals surface area contributed by atoms with Gasteiger partial charge < -0.3 is 0 Å². The summed E-state index contributed by atoms with van der Waals surface area (Å²) in [7, 11) is 0. The van der Waals surface area contributed by atoms with Gasteiger partial charge in [-0.25, -0.2) is 0 Å². The molecule has 0 unspecified atom stereocenters. The third-order valence-electron chi connectivity index (χ3n) is 8.92. The van der Waals surface area contributed by atoms with Gasteiger partial charge in [-0.3, -0.25) is 9.36 Å². The van der Waals surface area contributed by atoms with Crippen molar-refractivity contribution in [2.45, 2.75) is 0 Å². The van der Waals surface area contributed by atoms with E-state index in [0.29, 0.717) is 5.39 Å². The normalized spacial score (nSPS) is 12.0. The summed E-state index contributed by atoms with van der Waals surface area (Å²) < 4.78 is 1.84. The van der Waals surface area contributed by atoms with Crippen molar-refractivity contribution in [2.24, 2.45) is 0 Å².